The number of piperidine rings is 1. The first-order valence-electron chi connectivity index (χ1n) is 9.49. The second-order valence-corrected chi connectivity index (χ2v) is 8.36. The summed E-state index contributed by atoms with van der Waals surface area (Å²) in [5.41, 5.74) is 1.81. The number of likely N-dealkylation sites (tertiary alicyclic amines) is 1. The molecule has 2 aromatic rings. The summed E-state index contributed by atoms with van der Waals surface area (Å²) in [7, 11) is 0. The van der Waals surface area contributed by atoms with Gasteiger partial charge in [-0.2, -0.15) is 0 Å². The molecule has 0 aliphatic carbocycles. The molecule has 1 aliphatic heterocycles. The van der Waals surface area contributed by atoms with Crippen LogP contribution in [0, 0.1) is 12.3 Å². The van der Waals surface area contributed by atoms with E-state index in [2.05, 4.69) is 9.97 Å². The van der Waals surface area contributed by atoms with Gasteiger partial charge in [-0.1, -0.05) is 20.8 Å². The maximum Gasteiger partial charge on any atom is 0.337 e. The summed E-state index contributed by atoms with van der Waals surface area (Å²) >= 11 is 0. The van der Waals surface area contributed by atoms with Gasteiger partial charge < -0.3 is 10.0 Å². The Labute approximate surface area is 164 Å². The highest BCUT2D eigenvalue weighted by Crippen LogP contribution is 2.29. The molecule has 3 rings (SSSR count). The molecule has 0 bridgehead atoms. The number of carboxylic acids is 1. The largest absolute Gasteiger partial charge is 0.478 e. The average Bonchev–Trinajstić information content (AvgIpc) is 2.66. The van der Waals surface area contributed by atoms with Crippen molar-refractivity contribution in [1.82, 2.24) is 19.9 Å². The van der Waals surface area contributed by atoms with Crippen LogP contribution in [0.1, 0.15) is 61.4 Å². The zero-order valence-corrected chi connectivity index (χ0v) is 16.8. The monoisotopic (exact) mass is 382 g/mol. The lowest BCUT2D eigenvalue weighted by atomic mass is 9.91. The normalized spacial score (nSPS) is 17.4. The number of nitrogens with zero attached hydrogens (tertiary/aromatic N) is 4. The van der Waals surface area contributed by atoms with E-state index in [9.17, 15) is 14.7 Å². The van der Waals surface area contributed by atoms with Crippen molar-refractivity contribution in [2.75, 3.05) is 13.1 Å². The molecule has 28 heavy (non-hydrogen) atoms. The third kappa shape index (κ3) is 4.35. The van der Waals surface area contributed by atoms with Crippen LogP contribution in [-0.4, -0.2) is 49.9 Å². The van der Waals surface area contributed by atoms with Crippen molar-refractivity contribution in [3.8, 4) is 11.3 Å². The van der Waals surface area contributed by atoms with Crippen LogP contribution in [0.2, 0.25) is 0 Å². The van der Waals surface area contributed by atoms with Crippen LogP contribution in [0.15, 0.2) is 24.5 Å². The minimum Gasteiger partial charge on any atom is -0.478 e. The number of carbonyl (C=O) groups is 2. The van der Waals surface area contributed by atoms with Crippen molar-refractivity contribution in [2.45, 2.75) is 46.5 Å². The van der Waals surface area contributed by atoms with Crippen LogP contribution in [0.5, 0.6) is 0 Å². The lowest BCUT2D eigenvalue weighted by Crippen LogP contribution is -2.44. The molecule has 1 amide bonds. The summed E-state index contributed by atoms with van der Waals surface area (Å²) in [4.78, 5) is 39.2. The fourth-order valence-electron chi connectivity index (χ4n) is 3.47. The van der Waals surface area contributed by atoms with Gasteiger partial charge in [-0.15, -0.1) is 0 Å². The van der Waals surface area contributed by atoms with Crippen molar-refractivity contribution in [2.24, 2.45) is 5.41 Å². The van der Waals surface area contributed by atoms with E-state index in [0.717, 1.165) is 25.1 Å². The molecule has 1 aliphatic rings. The van der Waals surface area contributed by atoms with Crippen molar-refractivity contribution >= 4 is 11.9 Å². The second-order valence-electron chi connectivity index (χ2n) is 8.36. The summed E-state index contributed by atoms with van der Waals surface area (Å²) < 4.78 is 0. The van der Waals surface area contributed by atoms with E-state index in [1.807, 2.05) is 38.7 Å². The van der Waals surface area contributed by atoms with Crippen molar-refractivity contribution in [3.05, 3.63) is 41.6 Å². The van der Waals surface area contributed by atoms with E-state index in [1.54, 1.807) is 12.3 Å². The number of rotatable bonds is 3. The lowest BCUT2D eigenvalue weighted by Gasteiger charge is -2.36. The van der Waals surface area contributed by atoms with Gasteiger partial charge in [0.15, 0.2) is 0 Å². The molecule has 0 spiro atoms. The predicted molar refractivity (Wildman–Crippen MR) is 105 cm³/mol. The molecule has 0 saturated carbocycles. The van der Waals surface area contributed by atoms with Gasteiger partial charge >= 0.3 is 5.97 Å². The van der Waals surface area contributed by atoms with E-state index < -0.39 is 11.4 Å². The lowest BCUT2D eigenvalue weighted by molar-refractivity contribution is -0.140. The van der Waals surface area contributed by atoms with Crippen LogP contribution in [0.3, 0.4) is 0 Å². The summed E-state index contributed by atoms with van der Waals surface area (Å²) in [6, 6.07) is 3.39. The smallest absolute Gasteiger partial charge is 0.337 e. The molecular weight excluding hydrogens is 356 g/mol. The number of aromatic nitrogens is 3. The third-order valence-corrected chi connectivity index (χ3v) is 4.87. The molecule has 1 atom stereocenters. The average molecular weight is 382 g/mol. The van der Waals surface area contributed by atoms with E-state index in [4.69, 9.17) is 4.98 Å². The maximum atomic E-state index is 12.7. The Balaban J connectivity index is 1.90. The molecule has 2 aromatic heterocycles. The minimum atomic E-state index is -1.02. The predicted octanol–water partition coefficient (Wildman–Crippen LogP) is 3.30. The fraction of sp³-hybridized carbons (Fsp3) is 0.476. The fourth-order valence-corrected chi connectivity index (χ4v) is 3.47. The van der Waals surface area contributed by atoms with Gasteiger partial charge in [-0.25, -0.2) is 14.8 Å². The summed E-state index contributed by atoms with van der Waals surface area (Å²) in [6.07, 6.45) is 4.76. The van der Waals surface area contributed by atoms with Crippen molar-refractivity contribution in [1.29, 1.82) is 0 Å². The van der Waals surface area contributed by atoms with E-state index >= 15 is 0 Å². The van der Waals surface area contributed by atoms with Crippen LogP contribution in [0.4, 0.5) is 0 Å². The van der Waals surface area contributed by atoms with Crippen LogP contribution in [0.25, 0.3) is 11.3 Å². The summed E-state index contributed by atoms with van der Waals surface area (Å²) in [5, 5.41) is 9.21. The van der Waals surface area contributed by atoms with Crippen molar-refractivity contribution in [3.63, 3.8) is 0 Å². The Kier molecular flexibility index (Phi) is 5.45. The molecule has 0 radical (unpaired) electrons. The number of hydrogen-bond acceptors (Lipinski definition) is 5. The molecule has 0 aromatic carbocycles. The SMILES string of the molecule is Cc1cc(-c2cncc(C(=O)O)c2)nc([C@H]2CCCN(C(=O)C(C)(C)C)C2)n1. The van der Waals surface area contributed by atoms with Gasteiger partial charge in [0.25, 0.3) is 0 Å². The number of aromatic carboxylic acids is 1. The number of hydrogen-bond donors (Lipinski definition) is 1. The highest BCUT2D eigenvalue weighted by atomic mass is 16.4. The number of aryl methyl sites for hydroxylation is 1. The zero-order valence-electron chi connectivity index (χ0n) is 16.8. The summed E-state index contributed by atoms with van der Waals surface area (Å²) in [6.45, 7) is 9.06. The Morgan fingerprint density at radius 1 is 1.18 bits per heavy atom. The molecule has 3 heterocycles. The Morgan fingerprint density at radius 2 is 1.93 bits per heavy atom. The van der Waals surface area contributed by atoms with Gasteiger partial charge in [0.1, 0.15) is 5.82 Å². The first kappa shape index (κ1) is 19.9. The maximum absolute atomic E-state index is 12.7. The van der Waals surface area contributed by atoms with Gasteiger partial charge in [-0.3, -0.25) is 9.78 Å². The molecule has 148 valence electrons. The second kappa shape index (κ2) is 7.66. The van der Waals surface area contributed by atoms with Gasteiger partial charge in [0, 0.05) is 48.1 Å². The quantitative estimate of drug-likeness (QED) is 0.875. The molecule has 7 nitrogen and oxygen atoms in total. The molecule has 1 fully saturated rings. The van der Waals surface area contributed by atoms with E-state index in [0.29, 0.717) is 23.6 Å². The van der Waals surface area contributed by atoms with Gasteiger partial charge in [0.05, 0.1) is 11.3 Å². The number of carbonyl (C=O) groups excluding carboxylic acids is 1. The van der Waals surface area contributed by atoms with Crippen LogP contribution >= 0.6 is 0 Å². The summed E-state index contributed by atoms with van der Waals surface area (Å²) in [5.74, 6) is -0.121. The Morgan fingerprint density at radius 3 is 2.61 bits per heavy atom. The number of carboxylic acid groups (broad SMARTS) is 1. The van der Waals surface area contributed by atoms with E-state index in [-0.39, 0.29) is 17.4 Å². The highest BCUT2D eigenvalue weighted by molar-refractivity contribution is 5.88. The van der Waals surface area contributed by atoms with Crippen LogP contribution in [-0.2, 0) is 4.79 Å². The first-order valence-corrected chi connectivity index (χ1v) is 9.49. The Bertz CT molecular complexity index is 905. The zero-order chi connectivity index (χ0) is 20.5. The van der Waals surface area contributed by atoms with Crippen LogP contribution < -0.4 is 0 Å². The van der Waals surface area contributed by atoms with Gasteiger partial charge in [-0.05, 0) is 31.9 Å². The number of amides is 1. The standard InChI is InChI=1S/C21H26N4O3/c1-13-8-17(15-9-16(19(26)27)11-22-10-15)24-18(23-13)14-6-5-7-25(12-14)20(28)21(2,3)4/h8-11,14H,5-7,12H2,1-4H3,(H,26,27)/t14-/m0/s1. The molecule has 7 heteroatoms. The Hall–Kier alpha value is -2.83. The number of pyridine rings is 1. The highest BCUT2D eigenvalue weighted by Gasteiger charge is 2.32. The molecule has 1 N–H and O–H groups in total. The van der Waals surface area contributed by atoms with Crippen molar-refractivity contribution < 1.29 is 14.7 Å². The molecule has 0 unspecified atom stereocenters. The van der Waals surface area contributed by atoms with E-state index in [1.165, 1.54) is 6.20 Å². The molecular formula is C21H26N4O3. The topological polar surface area (TPSA) is 96.3 Å². The molecule has 1 saturated heterocycles. The minimum absolute atomic E-state index is 0.0642. The van der Waals surface area contributed by atoms with Gasteiger partial charge in [0.2, 0.25) is 5.91 Å². The third-order valence-electron chi connectivity index (χ3n) is 4.87. The first-order chi connectivity index (χ1) is 13.1.